The zero-order chi connectivity index (χ0) is 16.1. The molecule has 2 atom stereocenters. The second kappa shape index (κ2) is 7.21. The number of nitrogens with zero attached hydrogens (tertiary/aromatic N) is 3. The summed E-state index contributed by atoms with van der Waals surface area (Å²) >= 11 is 0. The predicted molar refractivity (Wildman–Crippen MR) is 88.6 cm³/mol. The summed E-state index contributed by atoms with van der Waals surface area (Å²) in [6.07, 6.45) is 7.31. The fraction of sp³-hybridized carbons (Fsp3) is 0.389. The van der Waals surface area contributed by atoms with Gasteiger partial charge in [0, 0.05) is 30.4 Å². The minimum atomic E-state index is -0.259. The molecule has 2 unspecified atom stereocenters. The highest BCUT2D eigenvalue weighted by Gasteiger charge is 2.23. The number of aromatic nitrogens is 2. The summed E-state index contributed by atoms with van der Waals surface area (Å²) in [5.41, 5.74) is 2.29. The van der Waals surface area contributed by atoms with Gasteiger partial charge in [-0.05, 0) is 37.1 Å². The quantitative estimate of drug-likeness (QED) is 0.907. The van der Waals surface area contributed by atoms with E-state index in [1.165, 1.54) is 0 Å². The third-order valence-corrected chi connectivity index (χ3v) is 4.39. The summed E-state index contributed by atoms with van der Waals surface area (Å²) in [5.74, 6) is 0.807. The van der Waals surface area contributed by atoms with Crippen LogP contribution in [0.15, 0.2) is 36.7 Å². The van der Waals surface area contributed by atoms with Crippen LogP contribution >= 0.6 is 0 Å². The molecule has 2 N–H and O–H groups in total. The van der Waals surface area contributed by atoms with E-state index in [0.717, 1.165) is 36.9 Å². The molecule has 0 aromatic carbocycles. The van der Waals surface area contributed by atoms with Gasteiger partial charge in [0.05, 0.1) is 17.4 Å². The van der Waals surface area contributed by atoms with E-state index in [0.29, 0.717) is 17.9 Å². The van der Waals surface area contributed by atoms with Gasteiger partial charge in [-0.25, -0.2) is 4.98 Å². The van der Waals surface area contributed by atoms with Crippen LogP contribution in [0.3, 0.4) is 0 Å². The largest absolute Gasteiger partial charge is 0.393 e. The van der Waals surface area contributed by atoms with Crippen molar-refractivity contribution in [3.05, 3.63) is 42.2 Å². The molecule has 1 aliphatic carbocycles. The lowest BCUT2D eigenvalue weighted by atomic mass is 9.86. The highest BCUT2D eigenvalue weighted by Crippen LogP contribution is 2.26. The van der Waals surface area contributed by atoms with Crippen LogP contribution in [0.5, 0.6) is 0 Å². The summed E-state index contributed by atoms with van der Waals surface area (Å²) < 4.78 is 0. The first-order chi connectivity index (χ1) is 11.3. The number of rotatable bonds is 4. The van der Waals surface area contributed by atoms with Crippen molar-refractivity contribution in [3.8, 4) is 17.3 Å². The summed E-state index contributed by atoms with van der Waals surface area (Å²) in [5, 5.41) is 22.6. The minimum absolute atomic E-state index is 0.224. The third kappa shape index (κ3) is 3.66. The molecule has 0 amide bonds. The van der Waals surface area contributed by atoms with Crippen molar-refractivity contribution >= 4 is 5.82 Å². The van der Waals surface area contributed by atoms with Gasteiger partial charge in [0.2, 0.25) is 0 Å². The maximum Gasteiger partial charge on any atom is 0.144 e. The number of aliphatic hydroxyl groups is 1. The SMILES string of the molecule is N#Cc1ccc(-c2ccncc2)nc1NCC1CCCCC1O. The van der Waals surface area contributed by atoms with E-state index in [9.17, 15) is 10.4 Å². The van der Waals surface area contributed by atoms with E-state index in [1.54, 1.807) is 18.5 Å². The van der Waals surface area contributed by atoms with E-state index < -0.39 is 0 Å². The molecule has 0 saturated heterocycles. The van der Waals surface area contributed by atoms with Crippen LogP contribution < -0.4 is 5.32 Å². The third-order valence-electron chi connectivity index (χ3n) is 4.39. The highest BCUT2D eigenvalue weighted by molar-refractivity contribution is 5.64. The predicted octanol–water partition coefficient (Wildman–Crippen LogP) is 2.98. The van der Waals surface area contributed by atoms with Gasteiger partial charge in [-0.15, -0.1) is 0 Å². The van der Waals surface area contributed by atoms with Gasteiger partial charge in [0.25, 0.3) is 0 Å². The highest BCUT2D eigenvalue weighted by atomic mass is 16.3. The van der Waals surface area contributed by atoms with Crippen molar-refractivity contribution in [1.29, 1.82) is 5.26 Å². The smallest absolute Gasteiger partial charge is 0.144 e. The molecule has 5 nitrogen and oxygen atoms in total. The van der Waals surface area contributed by atoms with Gasteiger partial charge >= 0.3 is 0 Å². The number of anilines is 1. The fourth-order valence-corrected chi connectivity index (χ4v) is 3.02. The van der Waals surface area contributed by atoms with Crippen LogP contribution in [-0.4, -0.2) is 27.7 Å². The topological polar surface area (TPSA) is 81.8 Å². The fourth-order valence-electron chi connectivity index (χ4n) is 3.02. The molecule has 1 aliphatic rings. The molecule has 3 rings (SSSR count). The average molecular weight is 308 g/mol. The Labute approximate surface area is 136 Å². The molecule has 2 aromatic rings. The minimum Gasteiger partial charge on any atom is -0.393 e. The van der Waals surface area contributed by atoms with E-state index in [4.69, 9.17) is 0 Å². The van der Waals surface area contributed by atoms with Crippen molar-refractivity contribution < 1.29 is 5.11 Å². The molecule has 0 bridgehead atoms. The van der Waals surface area contributed by atoms with Gasteiger partial charge in [-0.2, -0.15) is 5.26 Å². The first-order valence-corrected chi connectivity index (χ1v) is 8.01. The molecule has 5 heteroatoms. The number of nitriles is 1. The number of aliphatic hydroxyl groups excluding tert-OH is 1. The zero-order valence-corrected chi connectivity index (χ0v) is 12.9. The van der Waals surface area contributed by atoms with Gasteiger partial charge in [0.15, 0.2) is 0 Å². The van der Waals surface area contributed by atoms with Crippen molar-refractivity contribution in [2.45, 2.75) is 31.8 Å². The van der Waals surface area contributed by atoms with Crippen molar-refractivity contribution in [2.24, 2.45) is 5.92 Å². The molecular formula is C18H20N4O. The normalized spacial score (nSPS) is 20.7. The second-order valence-electron chi connectivity index (χ2n) is 5.93. The lowest BCUT2D eigenvalue weighted by Gasteiger charge is -2.27. The van der Waals surface area contributed by atoms with Crippen LogP contribution in [0, 0.1) is 17.2 Å². The average Bonchev–Trinajstić information content (AvgIpc) is 2.61. The molecule has 1 saturated carbocycles. The number of hydrogen-bond donors (Lipinski definition) is 2. The Kier molecular flexibility index (Phi) is 4.84. The van der Waals surface area contributed by atoms with Crippen LogP contribution in [0.2, 0.25) is 0 Å². The number of hydrogen-bond acceptors (Lipinski definition) is 5. The Balaban J connectivity index is 1.78. The van der Waals surface area contributed by atoms with E-state index in [2.05, 4.69) is 21.4 Å². The van der Waals surface area contributed by atoms with Crippen molar-refractivity contribution in [2.75, 3.05) is 11.9 Å². The molecule has 0 aliphatic heterocycles. The molecule has 1 fully saturated rings. The summed E-state index contributed by atoms with van der Waals surface area (Å²) in [6, 6.07) is 9.58. The van der Waals surface area contributed by atoms with Crippen LogP contribution in [0.1, 0.15) is 31.2 Å². The van der Waals surface area contributed by atoms with E-state index in [-0.39, 0.29) is 12.0 Å². The van der Waals surface area contributed by atoms with E-state index >= 15 is 0 Å². The Morgan fingerprint density at radius 3 is 2.70 bits per heavy atom. The zero-order valence-electron chi connectivity index (χ0n) is 12.9. The lowest BCUT2D eigenvalue weighted by molar-refractivity contribution is 0.0763. The molecule has 2 heterocycles. The molecular weight excluding hydrogens is 288 g/mol. The molecule has 2 aromatic heterocycles. The Hall–Kier alpha value is -2.45. The lowest BCUT2D eigenvalue weighted by Crippen LogP contribution is -2.30. The molecule has 118 valence electrons. The second-order valence-corrected chi connectivity index (χ2v) is 5.93. The maximum atomic E-state index is 10.1. The first kappa shape index (κ1) is 15.4. The van der Waals surface area contributed by atoms with Crippen LogP contribution in [-0.2, 0) is 0 Å². The monoisotopic (exact) mass is 308 g/mol. The Bertz CT molecular complexity index is 696. The van der Waals surface area contributed by atoms with Gasteiger partial charge in [0.1, 0.15) is 11.9 Å². The summed E-state index contributed by atoms with van der Waals surface area (Å²) in [6.45, 7) is 0.642. The standard InChI is InChI=1S/C18H20N4O/c19-11-14-5-6-16(13-7-9-20-10-8-13)22-18(14)21-12-15-3-1-2-4-17(15)23/h5-10,15,17,23H,1-4,12H2,(H,21,22). The van der Waals surface area contributed by atoms with Gasteiger partial charge in [-0.1, -0.05) is 12.8 Å². The van der Waals surface area contributed by atoms with E-state index in [1.807, 2.05) is 18.2 Å². The Morgan fingerprint density at radius 1 is 1.17 bits per heavy atom. The van der Waals surface area contributed by atoms with Gasteiger partial charge < -0.3 is 10.4 Å². The Morgan fingerprint density at radius 2 is 1.96 bits per heavy atom. The van der Waals surface area contributed by atoms with Gasteiger partial charge in [-0.3, -0.25) is 4.98 Å². The van der Waals surface area contributed by atoms with Crippen LogP contribution in [0.25, 0.3) is 11.3 Å². The maximum absolute atomic E-state index is 10.1. The molecule has 23 heavy (non-hydrogen) atoms. The van der Waals surface area contributed by atoms with Crippen LogP contribution in [0.4, 0.5) is 5.82 Å². The van der Waals surface area contributed by atoms with Crippen molar-refractivity contribution in [1.82, 2.24) is 9.97 Å². The number of pyridine rings is 2. The first-order valence-electron chi connectivity index (χ1n) is 8.01. The summed E-state index contributed by atoms with van der Waals surface area (Å²) in [7, 11) is 0. The summed E-state index contributed by atoms with van der Waals surface area (Å²) in [4.78, 5) is 8.59. The number of nitrogens with one attached hydrogen (secondary N) is 1. The molecule has 0 radical (unpaired) electrons. The van der Waals surface area contributed by atoms with Crippen molar-refractivity contribution in [3.63, 3.8) is 0 Å². The molecule has 0 spiro atoms.